The summed E-state index contributed by atoms with van der Waals surface area (Å²) in [6, 6.07) is 8.94. The van der Waals surface area contributed by atoms with Crippen molar-refractivity contribution in [2.45, 2.75) is 58.9 Å². The summed E-state index contributed by atoms with van der Waals surface area (Å²) >= 11 is 0. The summed E-state index contributed by atoms with van der Waals surface area (Å²) in [7, 11) is 2.19. The molecule has 0 spiro atoms. The molecule has 114 valence electrons. The van der Waals surface area contributed by atoms with Crippen molar-refractivity contribution >= 4 is 5.69 Å². The number of hydrogen-bond donors (Lipinski definition) is 1. The molecule has 0 atom stereocenters. The Morgan fingerprint density at radius 3 is 2.20 bits per heavy atom. The molecular formula is C18H32N2. The van der Waals surface area contributed by atoms with E-state index in [1.165, 1.54) is 30.5 Å². The summed E-state index contributed by atoms with van der Waals surface area (Å²) in [5, 5.41) is 3.54. The predicted octanol–water partition coefficient (Wildman–Crippen LogP) is 4.24. The first kappa shape index (κ1) is 17.0. The highest BCUT2D eigenvalue weighted by Gasteiger charge is 2.07. The summed E-state index contributed by atoms with van der Waals surface area (Å²) in [6.45, 7) is 11.1. The number of anilines is 1. The molecule has 1 rings (SSSR count). The number of aryl methyl sites for hydroxylation is 1. The molecule has 0 aliphatic rings. The van der Waals surface area contributed by atoms with E-state index in [-0.39, 0.29) is 5.54 Å². The zero-order valence-electron chi connectivity index (χ0n) is 14.0. The summed E-state index contributed by atoms with van der Waals surface area (Å²) in [5.74, 6) is 0. The van der Waals surface area contributed by atoms with Crippen molar-refractivity contribution in [3.05, 3.63) is 29.8 Å². The third kappa shape index (κ3) is 6.95. The maximum Gasteiger partial charge on any atom is 0.0363 e. The van der Waals surface area contributed by atoms with Crippen LogP contribution in [0.1, 0.15) is 52.5 Å². The van der Waals surface area contributed by atoms with Gasteiger partial charge in [-0.2, -0.15) is 0 Å². The van der Waals surface area contributed by atoms with Crippen LogP contribution in [-0.2, 0) is 6.42 Å². The molecule has 0 aliphatic carbocycles. The Morgan fingerprint density at radius 1 is 1.00 bits per heavy atom. The van der Waals surface area contributed by atoms with E-state index in [9.17, 15) is 0 Å². The molecule has 1 aromatic carbocycles. The minimum atomic E-state index is 0.248. The lowest BCUT2D eigenvalue weighted by atomic mass is 10.1. The van der Waals surface area contributed by atoms with Crippen LogP contribution in [0.15, 0.2) is 24.3 Å². The smallest absolute Gasteiger partial charge is 0.0363 e. The molecular weight excluding hydrogens is 244 g/mol. The highest BCUT2D eigenvalue weighted by atomic mass is 15.1. The topological polar surface area (TPSA) is 15.3 Å². The number of benzene rings is 1. The van der Waals surface area contributed by atoms with Gasteiger partial charge >= 0.3 is 0 Å². The Morgan fingerprint density at radius 2 is 1.65 bits per heavy atom. The van der Waals surface area contributed by atoms with Crippen LogP contribution in [0.3, 0.4) is 0 Å². The molecule has 0 amide bonds. The van der Waals surface area contributed by atoms with Gasteiger partial charge in [-0.1, -0.05) is 25.5 Å². The summed E-state index contributed by atoms with van der Waals surface area (Å²) in [5.41, 5.74) is 2.99. The van der Waals surface area contributed by atoms with Gasteiger partial charge in [0.15, 0.2) is 0 Å². The average Bonchev–Trinajstić information content (AvgIpc) is 2.41. The summed E-state index contributed by atoms with van der Waals surface area (Å²) < 4.78 is 0. The molecule has 0 fully saturated rings. The largest absolute Gasteiger partial charge is 0.375 e. The van der Waals surface area contributed by atoms with Crippen LogP contribution in [-0.4, -0.2) is 25.7 Å². The molecule has 0 aromatic heterocycles. The highest BCUT2D eigenvalue weighted by molar-refractivity contribution is 5.46. The first-order valence-corrected chi connectivity index (χ1v) is 7.97. The van der Waals surface area contributed by atoms with E-state index in [0.29, 0.717) is 0 Å². The normalized spacial score (nSPS) is 11.7. The molecule has 0 radical (unpaired) electrons. The van der Waals surface area contributed by atoms with Gasteiger partial charge in [0.25, 0.3) is 0 Å². The quantitative estimate of drug-likeness (QED) is 0.714. The van der Waals surface area contributed by atoms with Gasteiger partial charge in [-0.15, -0.1) is 0 Å². The minimum Gasteiger partial charge on any atom is -0.375 e. The molecule has 0 bridgehead atoms. The molecule has 0 saturated carbocycles. The number of nitrogens with one attached hydrogen (secondary N) is 1. The summed E-state index contributed by atoms with van der Waals surface area (Å²) in [6.07, 6.45) is 4.93. The molecule has 2 heteroatoms. The van der Waals surface area contributed by atoms with E-state index in [4.69, 9.17) is 0 Å². The Bertz CT molecular complexity index is 362. The van der Waals surface area contributed by atoms with Gasteiger partial charge in [-0.25, -0.2) is 0 Å². The van der Waals surface area contributed by atoms with E-state index >= 15 is 0 Å². The van der Waals surface area contributed by atoms with Crippen molar-refractivity contribution in [3.8, 4) is 0 Å². The number of hydrogen-bond acceptors (Lipinski definition) is 2. The predicted molar refractivity (Wildman–Crippen MR) is 90.7 cm³/mol. The van der Waals surface area contributed by atoms with Gasteiger partial charge in [-0.3, -0.25) is 0 Å². The molecule has 1 N–H and O–H groups in total. The van der Waals surface area contributed by atoms with Crippen LogP contribution in [0.4, 0.5) is 5.69 Å². The molecule has 0 unspecified atom stereocenters. The van der Waals surface area contributed by atoms with Gasteiger partial charge < -0.3 is 10.2 Å². The maximum atomic E-state index is 3.54. The maximum absolute atomic E-state index is 3.54. The van der Waals surface area contributed by atoms with E-state index in [2.05, 4.69) is 69.2 Å². The second kappa shape index (κ2) is 8.31. The molecule has 1 aromatic rings. The number of rotatable bonds is 8. The van der Waals surface area contributed by atoms with Crippen molar-refractivity contribution in [3.63, 3.8) is 0 Å². The lowest BCUT2D eigenvalue weighted by Crippen LogP contribution is -2.36. The van der Waals surface area contributed by atoms with Gasteiger partial charge in [0, 0.05) is 24.8 Å². The zero-order valence-corrected chi connectivity index (χ0v) is 14.0. The Labute approximate surface area is 125 Å². The van der Waals surface area contributed by atoms with Gasteiger partial charge in [0.1, 0.15) is 0 Å². The van der Waals surface area contributed by atoms with E-state index in [0.717, 1.165) is 19.5 Å². The second-order valence-electron chi connectivity index (χ2n) is 6.68. The third-order valence-corrected chi connectivity index (χ3v) is 3.61. The molecule has 2 nitrogen and oxygen atoms in total. The van der Waals surface area contributed by atoms with Gasteiger partial charge in [0.2, 0.25) is 0 Å². The Balaban J connectivity index is 2.18. The van der Waals surface area contributed by atoms with Crippen LogP contribution >= 0.6 is 0 Å². The monoisotopic (exact) mass is 276 g/mol. The zero-order chi connectivity index (χ0) is 15.0. The standard InChI is InChI=1S/C18H32N2/c1-6-16-10-12-17(13-11-16)20(5)15-9-7-8-14-19-18(2,3)4/h10-13,19H,6-9,14-15H2,1-5H3. The first-order chi connectivity index (χ1) is 9.42. The van der Waals surface area contributed by atoms with Crippen molar-refractivity contribution in [1.29, 1.82) is 0 Å². The number of unbranched alkanes of at least 4 members (excludes halogenated alkanes) is 2. The molecule has 0 saturated heterocycles. The molecule has 0 aliphatic heterocycles. The van der Waals surface area contributed by atoms with Crippen LogP contribution in [0.25, 0.3) is 0 Å². The van der Waals surface area contributed by atoms with Crippen molar-refractivity contribution in [2.24, 2.45) is 0 Å². The van der Waals surface area contributed by atoms with Crippen LogP contribution in [0, 0.1) is 0 Å². The van der Waals surface area contributed by atoms with Crippen LogP contribution < -0.4 is 10.2 Å². The van der Waals surface area contributed by atoms with E-state index in [1.54, 1.807) is 0 Å². The SMILES string of the molecule is CCc1ccc(N(C)CCCCCNC(C)(C)C)cc1. The third-order valence-electron chi connectivity index (χ3n) is 3.61. The van der Waals surface area contributed by atoms with Crippen molar-refractivity contribution < 1.29 is 0 Å². The highest BCUT2D eigenvalue weighted by Crippen LogP contribution is 2.15. The molecule has 0 heterocycles. The Kier molecular flexibility index (Phi) is 7.08. The molecule has 20 heavy (non-hydrogen) atoms. The fourth-order valence-corrected chi connectivity index (χ4v) is 2.23. The fraction of sp³-hybridized carbons (Fsp3) is 0.667. The van der Waals surface area contributed by atoms with E-state index < -0.39 is 0 Å². The van der Waals surface area contributed by atoms with Gasteiger partial charge in [-0.05, 0) is 64.3 Å². The van der Waals surface area contributed by atoms with Crippen molar-refractivity contribution in [1.82, 2.24) is 5.32 Å². The summed E-state index contributed by atoms with van der Waals surface area (Å²) in [4.78, 5) is 2.36. The van der Waals surface area contributed by atoms with Crippen LogP contribution in [0.2, 0.25) is 0 Å². The average molecular weight is 276 g/mol. The minimum absolute atomic E-state index is 0.248. The lowest BCUT2D eigenvalue weighted by molar-refractivity contribution is 0.417. The lowest BCUT2D eigenvalue weighted by Gasteiger charge is -2.21. The van der Waals surface area contributed by atoms with Gasteiger partial charge in [0.05, 0.1) is 0 Å². The second-order valence-corrected chi connectivity index (χ2v) is 6.68. The van der Waals surface area contributed by atoms with Crippen molar-refractivity contribution in [2.75, 3.05) is 25.0 Å². The Hall–Kier alpha value is -1.02. The van der Waals surface area contributed by atoms with E-state index in [1.807, 2.05) is 0 Å². The fourth-order valence-electron chi connectivity index (χ4n) is 2.23. The number of nitrogens with zero attached hydrogens (tertiary/aromatic N) is 1. The van der Waals surface area contributed by atoms with Crippen LogP contribution in [0.5, 0.6) is 0 Å². The first-order valence-electron chi connectivity index (χ1n) is 7.97.